The van der Waals surface area contributed by atoms with Crippen molar-refractivity contribution in [1.29, 1.82) is 0 Å². The Hall–Kier alpha value is -0.770. The predicted molar refractivity (Wildman–Crippen MR) is 52.7 cm³/mol. The van der Waals surface area contributed by atoms with Crippen molar-refractivity contribution in [1.82, 2.24) is 15.5 Å². The van der Waals surface area contributed by atoms with Crippen LogP contribution in [0.25, 0.3) is 0 Å². The van der Waals surface area contributed by atoms with Crippen LogP contribution in [0.5, 0.6) is 0 Å². The Morgan fingerprint density at radius 2 is 2.23 bits per heavy atom. The standard InChI is InChI=1S/C9H19N3O/c1-7-8(5-4-6-10-7)11-9(13)12(2)3/h7-8,10H,4-6H2,1-3H3,(H,11,13)/t7-,8-/m1/s1. The van der Waals surface area contributed by atoms with Gasteiger partial charge in [0.1, 0.15) is 0 Å². The number of amides is 2. The van der Waals surface area contributed by atoms with Crippen molar-refractivity contribution in [2.24, 2.45) is 0 Å². The summed E-state index contributed by atoms with van der Waals surface area (Å²) in [7, 11) is 3.52. The molecule has 2 amide bonds. The van der Waals surface area contributed by atoms with Gasteiger partial charge >= 0.3 is 6.03 Å². The second-order valence-corrected chi connectivity index (χ2v) is 3.84. The summed E-state index contributed by atoms with van der Waals surface area (Å²) < 4.78 is 0. The van der Waals surface area contributed by atoms with Gasteiger partial charge in [-0.1, -0.05) is 0 Å². The number of nitrogens with zero attached hydrogens (tertiary/aromatic N) is 1. The Morgan fingerprint density at radius 3 is 2.77 bits per heavy atom. The zero-order valence-electron chi connectivity index (χ0n) is 8.63. The molecule has 13 heavy (non-hydrogen) atoms. The van der Waals surface area contributed by atoms with Crippen LogP contribution in [0.2, 0.25) is 0 Å². The fourth-order valence-electron chi connectivity index (χ4n) is 1.53. The molecule has 0 unspecified atom stereocenters. The van der Waals surface area contributed by atoms with Gasteiger partial charge in [0.25, 0.3) is 0 Å². The zero-order chi connectivity index (χ0) is 9.84. The molecule has 1 aliphatic heterocycles. The summed E-state index contributed by atoms with van der Waals surface area (Å²) in [6.07, 6.45) is 2.22. The summed E-state index contributed by atoms with van der Waals surface area (Å²) in [6, 6.07) is 0.668. The second kappa shape index (κ2) is 4.46. The number of urea groups is 1. The topological polar surface area (TPSA) is 44.4 Å². The Morgan fingerprint density at radius 1 is 1.54 bits per heavy atom. The highest BCUT2D eigenvalue weighted by Gasteiger charge is 2.22. The highest BCUT2D eigenvalue weighted by atomic mass is 16.2. The van der Waals surface area contributed by atoms with Gasteiger partial charge in [0.15, 0.2) is 0 Å². The van der Waals surface area contributed by atoms with E-state index in [-0.39, 0.29) is 12.1 Å². The normalized spacial score (nSPS) is 28.2. The minimum atomic E-state index is 0.000509. The number of carbonyl (C=O) groups excluding carboxylic acids is 1. The van der Waals surface area contributed by atoms with E-state index in [1.165, 1.54) is 0 Å². The second-order valence-electron chi connectivity index (χ2n) is 3.84. The van der Waals surface area contributed by atoms with Crippen LogP contribution in [-0.2, 0) is 0 Å². The van der Waals surface area contributed by atoms with E-state index in [1.54, 1.807) is 19.0 Å². The summed E-state index contributed by atoms with van der Waals surface area (Å²) in [5.41, 5.74) is 0. The van der Waals surface area contributed by atoms with Crippen LogP contribution in [0, 0.1) is 0 Å². The van der Waals surface area contributed by atoms with Crippen LogP contribution in [0.1, 0.15) is 19.8 Å². The molecule has 0 aromatic rings. The summed E-state index contributed by atoms with van der Waals surface area (Å²) in [6.45, 7) is 3.18. The molecule has 1 rings (SSSR count). The number of carbonyl (C=O) groups is 1. The molecule has 4 heteroatoms. The largest absolute Gasteiger partial charge is 0.334 e. The fraction of sp³-hybridized carbons (Fsp3) is 0.889. The lowest BCUT2D eigenvalue weighted by molar-refractivity contribution is 0.205. The Bertz CT molecular complexity index is 182. The van der Waals surface area contributed by atoms with Gasteiger partial charge in [-0.05, 0) is 26.3 Å². The third kappa shape index (κ3) is 2.88. The summed E-state index contributed by atoms with van der Waals surface area (Å²) >= 11 is 0. The van der Waals surface area contributed by atoms with Crippen molar-refractivity contribution in [3.8, 4) is 0 Å². The molecule has 2 N–H and O–H groups in total. The Kier molecular flexibility index (Phi) is 3.54. The maximum absolute atomic E-state index is 11.3. The van der Waals surface area contributed by atoms with Crippen LogP contribution >= 0.6 is 0 Å². The summed E-state index contributed by atoms with van der Waals surface area (Å²) in [4.78, 5) is 12.9. The van der Waals surface area contributed by atoms with E-state index in [1.807, 2.05) is 0 Å². The molecule has 0 saturated carbocycles. The molecular formula is C9H19N3O. The van der Waals surface area contributed by atoms with Crippen LogP contribution in [0.3, 0.4) is 0 Å². The molecule has 0 radical (unpaired) electrons. The minimum Gasteiger partial charge on any atom is -0.334 e. The highest BCUT2D eigenvalue weighted by molar-refractivity contribution is 5.73. The molecule has 0 spiro atoms. The van der Waals surface area contributed by atoms with Crippen LogP contribution in [0.15, 0.2) is 0 Å². The number of piperidine rings is 1. The first kappa shape index (κ1) is 10.3. The third-order valence-electron chi connectivity index (χ3n) is 2.48. The summed E-state index contributed by atoms with van der Waals surface area (Å²) in [5.74, 6) is 0. The number of rotatable bonds is 1. The van der Waals surface area contributed by atoms with Crippen molar-refractivity contribution in [2.75, 3.05) is 20.6 Å². The molecule has 1 aliphatic rings. The fourth-order valence-corrected chi connectivity index (χ4v) is 1.53. The molecular weight excluding hydrogens is 166 g/mol. The first-order valence-corrected chi connectivity index (χ1v) is 4.82. The van der Waals surface area contributed by atoms with Crippen LogP contribution in [-0.4, -0.2) is 43.7 Å². The molecule has 0 aromatic carbocycles. The van der Waals surface area contributed by atoms with Gasteiger partial charge in [0.05, 0.1) is 0 Å². The lowest BCUT2D eigenvalue weighted by atomic mass is 10.0. The zero-order valence-corrected chi connectivity index (χ0v) is 8.63. The molecule has 1 heterocycles. The number of hydrogen-bond acceptors (Lipinski definition) is 2. The van der Waals surface area contributed by atoms with Gasteiger partial charge in [-0.25, -0.2) is 4.79 Å². The molecule has 1 saturated heterocycles. The maximum atomic E-state index is 11.3. The highest BCUT2D eigenvalue weighted by Crippen LogP contribution is 2.08. The van der Waals surface area contributed by atoms with Gasteiger partial charge in [0, 0.05) is 26.2 Å². The molecule has 0 aromatic heterocycles. The van der Waals surface area contributed by atoms with Crippen LogP contribution < -0.4 is 10.6 Å². The first-order valence-electron chi connectivity index (χ1n) is 4.82. The molecule has 76 valence electrons. The molecule has 0 bridgehead atoms. The van der Waals surface area contributed by atoms with Crippen molar-refractivity contribution in [3.63, 3.8) is 0 Å². The van der Waals surface area contributed by atoms with E-state index in [0.29, 0.717) is 6.04 Å². The van der Waals surface area contributed by atoms with Gasteiger partial charge < -0.3 is 15.5 Å². The van der Waals surface area contributed by atoms with E-state index in [0.717, 1.165) is 19.4 Å². The van der Waals surface area contributed by atoms with Crippen LogP contribution in [0.4, 0.5) is 4.79 Å². The first-order chi connectivity index (χ1) is 6.11. The van der Waals surface area contributed by atoms with Crippen molar-refractivity contribution >= 4 is 6.03 Å². The smallest absolute Gasteiger partial charge is 0.317 e. The van der Waals surface area contributed by atoms with Crippen molar-refractivity contribution in [2.45, 2.75) is 31.8 Å². The monoisotopic (exact) mass is 185 g/mol. The average molecular weight is 185 g/mol. The molecule has 1 fully saturated rings. The third-order valence-corrected chi connectivity index (χ3v) is 2.48. The van der Waals surface area contributed by atoms with Crippen molar-refractivity contribution in [3.05, 3.63) is 0 Å². The number of nitrogens with one attached hydrogen (secondary N) is 2. The van der Waals surface area contributed by atoms with E-state index in [2.05, 4.69) is 17.6 Å². The van der Waals surface area contributed by atoms with E-state index >= 15 is 0 Å². The van der Waals surface area contributed by atoms with Gasteiger partial charge in [0.2, 0.25) is 0 Å². The van der Waals surface area contributed by atoms with E-state index < -0.39 is 0 Å². The maximum Gasteiger partial charge on any atom is 0.317 e. The summed E-state index contributed by atoms with van der Waals surface area (Å²) in [5, 5.41) is 6.34. The lowest BCUT2D eigenvalue weighted by Crippen LogP contribution is -2.53. The van der Waals surface area contributed by atoms with Gasteiger partial charge in [-0.2, -0.15) is 0 Å². The van der Waals surface area contributed by atoms with Crippen molar-refractivity contribution < 1.29 is 4.79 Å². The van der Waals surface area contributed by atoms with Gasteiger partial charge in [-0.3, -0.25) is 0 Å². The quantitative estimate of drug-likeness (QED) is 0.621. The predicted octanol–water partition coefficient (Wildman–Crippen LogP) is 0.398. The lowest BCUT2D eigenvalue weighted by Gasteiger charge is -2.31. The molecule has 2 atom stereocenters. The average Bonchev–Trinajstić information content (AvgIpc) is 2.08. The Labute approximate surface area is 79.7 Å². The van der Waals surface area contributed by atoms with E-state index in [9.17, 15) is 4.79 Å². The SMILES string of the molecule is C[C@H]1NCCC[C@H]1NC(=O)N(C)C. The minimum absolute atomic E-state index is 0.000509. The van der Waals surface area contributed by atoms with E-state index in [4.69, 9.17) is 0 Å². The molecule has 0 aliphatic carbocycles. The van der Waals surface area contributed by atoms with Gasteiger partial charge in [-0.15, -0.1) is 0 Å². The number of hydrogen-bond donors (Lipinski definition) is 2. The Balaban J connectivity index is 2.38. The molecule has 4 nitrogen and oxygen atoms in total.